The molecule has 1 aliphatic carbocycles. The number of nitrogen functional groups attached to an aromatic ring is 2. The number of hydrogen-bond donors (Lipinski definition) is 2. The van der Waals surface area contributed by atoms with Crippen molar-refractivity contribution in [2.75, 3.05) is 16.4 Å². The molecule has 4 N–H and O–H groups in total. The minimum atomic E-state index is 0.475. The zero-order valence-corrected chi connectivity index (χ0v) is 9.84. The van der Waals surface area contributed by atoms with Crippen molar-refractivity contribution in [1.29, 1.82) is 0 Å². The van der Waals surface area contributed by atoms with Gasteiger partial charge in [-0.05, 0) is 31.0 Å². The number of fused-ring (bicyclic) bond motifs is 1. The van der Waals surface area contributed by atoms with E-state index < -0.39 is 0 Å². The van der Waals surface area contributed by atoms with E-state index in [1.807, 2.05) is 24.5 Å². The Morgan fingerprint density at radius 3 is 2.76 bits per heavy atom. The summed E-state index contributed by atoms with van der Waals surface area (Å²) in [6.45, 7) is 0. The smallest absolute Gasteiger partial charge is 0.0902 e. The van der Waals surface area contributed by atoms with Crippen LogP contribution >= 0.6 is 0 Å². The zero-order valence-electron chi connectivity index (χ0n) is 9.84. The third-order valence-electron chi connectivity index (χ3n) is 3.80. The van der Waals surface area contributed by atoms with Crippen molar-refractivity contribution < 1.29 is 0 Å². The highest BCUT2D eigenvalue weighted by molar-refractivity contribution is 5.85. The van der Waals surface area contributed by atoms with Crippen LogP contribution in [0.15, 0.2) is 23.2 Å². The number of nitrogens with zero attached hydrogens (tertiary/aromatic N) is 2. The van der Waals surface area contributed by atoms with Gasteiger partial charge in [-0.2, -0.15) is 0 Å². The number of anilines is 3. The van der Waals surface area contributed by atoms with Gasteiger partial charge in [0, 0.05) is 5.69 Å². The van der Waals surface area contributed by atoms with Crippen LogP contribution in [-0.2, 0) is 0 Å². The maximum atomic E-state index is 5.86. The Kier molecular flexibility index (Phi) is 2.42. The summed E-state index contributed by atoms with van der Waals surface area (Å²) in [6.07, 6.45) is 6.99. The van der Waals surface area contributed by atoms with Crippen molar-refractivity contribution in [2.24, 2.45) is 4.99 Å². The summed E-state index contributed by atoms with van der Waals surface area (Å²) in [6, 6.07) is 6.83. The van der Waals surface area contributed by atoms with E-state index in [9.17, 15) is 0 Å². The van der Waals surface area contributed by atoms with Crippen LogP contribution < -0.4 is 16.4 Å². The lowest BCUT2D eigenvalue weighted by Gasteiger charge is -2.31. The average Bonchev–Trinajstić information content (AvgIpc) is 2.76. The highest BCUT2D eigenvalue weighted by Crippen LogP contribution is 2.33. The van der Waals surface area contributed by atoms with Gasteiger partial charge in [0.15, 0.2) is 0 Å². The molecule has 1 fully saturated rings. The van der Waals surface area contributed by atoms with Crippen LogP contribution in [-0.4, -0.2) is 18.4 Å². The van der Waals surface area contributed by atoms with E-state index in [4.69, 9.17) is 11.5 Å². The molecular weight excluding hydrogens is 212 g/mol. The molecule has 4 nitrogen and oxygen atoms in total. The lowest BCUT2D eigenvalue weighted by atomic mass is 9.90. The zero-order chi connectivity index (χ0) is 11.8. The summed E-state index contributed by atoms with van der Waals surface area (Å²) >= 11 is 0. The van der Waals surface area contributed by atoms with Gasteiger partial charge in [-0.25, -0.2) is 0 Å². The summed E-state index contributed by atoms with van der Waals surface area (Å²) in [5, 5.41) is 0. The number of hydrogen-bond acceptors (Lipinski definition) is 4. The Morgan fingerprint density at radius 2 is 1.94 bits per heavy atom. The van der Waals surface area contributed by atoms with Gasteiger partial charge < -0.3 is 16.4 Å². The van der Waals surface area contributed by atoms with Gasteiger partial charge in [0.05, 0.1) is 29.8 Å². The molecular formula is C13H18N4. The van der Waals surface area contributed by atoms with Crippen LogP contribution in [0.2, 0.25) is 0 Å². The summed E-state index contributed by atoms with van der Waals surface area (Å²) in [7, 11) is 0. The molecule has 1 saturated carbocycles. The van der Waals surface area contributed by atoms with Crippen LogP contribution in [0.25, 0.3) is 0 Å². The minimum Gasteiger partial charge on any atom is -0.397 e. The standard InChI is InChI=1S/C13H18N4/c14-10-6-5-9(7-11(10)15)17-8-16-12-3-1-2-4-13(12)17/h5-8,12-13H,1-4,14-15H2/t12-,13-/m0/s1. The Labute approximate surface area is 101 Å². The normalized spacial score (nSPS) is 27.2. The fourth-order valence-corrected chi connectivity index (χ4v) is 2.81. The first-order valence-electron chi connectivity index (χ1n) is 6.22. The molecule has 2 atom stereocenters. The van der Waals surface area contributed by atoms with Gasteiger partial charge in [0.25, 0.3) is 0 Å². The van der Waals surface area contributed by atoms with Gasteiger partial charge in [0.1, 0.15) is 0 Å². The summed E-state index contributed by atoms with van der Waals surface area (Å²) < 4.78 is 0. The lowest BCUT2D eigenvalue weighted by Crippen LogP contribution is -2.38. The van der Waals surface area contributed by atoms with Crippen LogP contribution in [0.4, 0.5) is 17.1 Å². The second-order valence-corrected chi connectivity index (χ2v) is 4.90. The molecule has 1 aliphatic heterocycles. The third-order valence-corrected chi connectivity index (χ3v) is 3.80. The molecule has 0 aromatic heterocycles. The maximum absolute atomic E-state index is 5.86. The Hall–Kier alpha value is -1.71. The Morgan fingerprint density at radius 1 is 1.12 bits per heavy atom. The molecule has 3 rings (SSSR count). The molecule has 0 saturated heterocycles. The van der Waals surface area contributed by atoms with E-state index in [-0.39, 0.29) is 0 Å². The fraction of sp³-hybridized carbons (Fsp3) is 0.462. The second kappa shape index (κ2) is 3.95. The lowest BCUT2D eigenvalue weighted by molar-refractivity contribution is 0.405. The molecule has 4 heteroatoms. The van der Waals surface area contributed by atoms with E-state index in [1.54, 1.807) is 0 Å². The Balaban J connectivity index is 1.89. The first-order valence-corrected chi connectivity index (χ1v) is 6.22. The van der Waals surface area contributed by atoms with Gasteiger partial charge >= 0.3 is 0 Å². The van der Waals surface area contributed by atoms with Crippen molar-refractivity contribution in [2.45, 2.75) is 37.8 Å². The maximum Gasteiger partial charge on any atom is 0.0902 e. The van der Waals surface area contributed by atoms with Crippen molar-refractivity contribution >= 4 is 23.4 Å². The molecule has 0 radical (unpaired) electrons. The molecule has 17 heavy (non-hydrogen) atoms. The Bertz CT molecular complexity index is 455. The number of rotatable bonds is 1. The predicted molar refractivity (Wildman–Crippen MR) is 72.3 cm³/mol. The molecule has 0 unspecified atom stereocenters. The van der Waals surface area contributed by atoms with E-state index in [2.05, 4.69) is 9.89 Å². The van der Waals surface area contributed by atoms with E-state index >= 15 is 0 Å². The van der Waals surface area contributed by atoms with Crippen LogP contribution in [0, 0.1) is 0 Å². The van der Waals surface area contributed by atoms with Crippen molar-refractivity contribution in [3.05, 3.63) is 18.2 Å². The molecule has 0 spiro atoms. The van der Waals surface area contributed by atoms with E-state index in [1.165, 1.54) is 25.7 Å². The first kappa shape index (κ1) is 10.4. The van der Waals surface area contributed by atoms with Crippen molar-refractivity contribution in [3.8, 4) is 0 Å². The molecule has 0 amide bonds. The molecule has 1 aromatic rings. The highest BCUT2D eigenvalue weighted by Gasteiger charge is 2.33. The number of aliphatic imine (C=N–C) groups is 1. The van der Waals surface area contributed by atoms with E-state index in [0.717, 1.165) is 5.69 Å². The molecule has 90 valence electrons. The quantitative estimate of drug-likeness (QED) is 0.725. The molecule has 1 heterocycles. The van der Waals surface area contributed by atoms with Crippen LogP contribution in [0.5, 0.6) is 0 Å². The van der Waals surface area contributed by atoms with E-state index in [0.29, 0.717) is 23.5 Å². The summed E-state index contributed by atoms with van der Waals surface area (Å²) in [5.41, 5.74) is 14.0. The molecule has 2 aliphatic rings. The number of nitrogens with two attached hydrogens (primary N) is 2. The number of benzene rings is 1. The van der Waals surface area contributed by atoms with Gasteiger partial charge in [-0.15, -0.1) is 0 Å². The highest BCUT2D eigenvalue weighted by atomic mass is 15.3. The average molecular weight is 230 g/mol. The topological polar surface area (TPSA) is 67.6 Å². The monoisotopic (exact) mass is 230 g/mol. The summed E-state index contributed by atoms with van der Waals surface area (Å²) in [5.74, 6) is 0. The molecule has 1 aromatic carbocycles. The minimum absolute atomic E-state index is 0.475. The van der Waals surface area contributed by atoms with Gasteiger partial charge in [-0.1, -0.05) is 12.8 Å². The van der Waals surface area contributed by atoms with Gasteiger partial charge in [-0.3, -0.25) is 4.99 Å². The predicted octanol–water partition coefficient (Wildman–Crippen LogP) is 2.01. The van der Waals surface area contributed by atoms with Crippen LogP contribution in [0.1, 0.15) is 25.7 Å². The summed E-state index contributed by atoms with van der Waals surface area (Å²) in [4.78, 5) is 6.85. The fourth-order valence-electron chi connectivity index (χ4n) is 2.81. The van der Waals surface area contributed by atoms with Crippen molar-refractivity contribution in [1.82, 2.24) is 0 Å². The second-order valence-electron chi connectivity index (χ2n) is 4.90. The van der Waals surface area contributed by atoms with Crippen molar-refractivity contribution in [3.63, 3.8) is 0 Å². The largest absolute Gasteiger partial charge is 0.397 e. The molecule has 0 bridgehead atoms. The SMILES string of the molecule is Nc1ccc(N2C=N[C@H]3CCCC[C@@H]32)cc1N. The first-order chi connectivity index (χ1) is 8.25. The van der Waals surface area contributed by atoms with Crippen LogP contribution in [0.3, 0.4) is 0 Å². The van der Waals surface area contributed by atoms with Gasteiger partial charge in [0.2, 0.25) is 0 Å². The third kappa shape index (κ3) is 1.73.